The molecule has 1 aromatic rings. The van der Waals surface area contributed by atoms with Crippen molar-refractivity contribution in [2.45, 2.75) is 26.7 Å². The zero-order chi connectivity index (χ0) is 16.7. The predicted octanol–water partition coefficient (Wildman–Crippen LogP) is 1.62. The predicted molar refractivity (Wildman–Crippen MR) is 97.0 cm³/mol. The van der Waals surface area contributed by atoms with Gasteiger partial charge in [-0.05, 0) is 24.7 Å². The van der Waals surface area contributed by atoms with Gasteiger partial charge in [-0.2, -0.15) is 0 Å². The van der Waals surface area contributed by atoms with E-state index in [1.165, 1.54) is 0 Å². The Bertz CT molecular complexity index is 469. The topological polar surface area (TPSA) is 78.0 Å². The molecule has 1 aliphatic rings. The molecule has 130 valence electrons. The summed E-state index contributed by atoms with van der Waals surface area (Å²) in [5.41, 5.74) is 6.17. The van der Waals surface area contributed by atoms with Crippen LogP contribution >= 0.6 is 11.3 Å². The van der Waals surface area contributed by atoms with Crippen molar-refractivity contribution in [3.05, 3.63) is 11.6 Å². The molecule has 1 unspecified atom stereocenters. The van der Waals surface area contributed by atoms with Crippen molar-refractivity contribution in [2.24, 2.45) is 22.6 Å². The van der Waals surface area contributed by atoms with Gasteiger partial charge in [0.2, 0.25) is 0 Å². The first kappa shape index (κ1) is 18.0. The van der Waals surface area contributed by atoms with E-state index >= 15 is 0 Å². The first-order valence-electron chi connectivity index (χ1n) is 8.40. The van der Waals surface area contributed by atoms with E-state index in [1.807, 2.05) is 11.6 Å². The molecular formula is C16H29N5OS. The van der Waals surface area contributed by atoms with Gasteiger partial charge in [-0.25, -0.2) is 4.98 Å². The van der Waals surface area contributed by atoms with E-state index in [0.717, 1.165) is 44.2 Å². The van der Waals surface area contributed by atoms with Crippen LogP contribution in [0.4, 0.5) is 5.13 Å². The van der Waals surface area contributed by atoms with E-state index < -0.39 is 0 Å². The quantitative estimate of drug-likeness (QED) is 0.583. The number of hydrogen-bond donors (Lipinski definition) is 2. The molecule has 0 saturated carbocycles. The van der Waals surface area contributed by atoms with Crippen molar-refractivity contribution in [3.8, 4) is 0 Å². The lowest BCUT2D eigenvalue weighted by Gasteiger charge is -2.35. The van der Waals surface area contributed by atoms with Crippen molar-refractivity contribution >= 4 is 22.4 Å². The summed E-state index contributed by atoms with van der Waals surface area (Å²) in [6.45, 7) is 8.94. The Morgan fingerprint density at radius 1 is 1.39 bits per heavy atom. The molecule has 1 aromatic heterocycles. The molecule has 1 atom stereocenters. The minimum absolute atomic E-state index is 0.222. The lowest BCUT2D eigenvalue weighted by atomic mass is 9.94. The number of nitrogens with zero attached hydrogens (tertiary/aromatic N) is 4. The Morgan fingerprint density at radius 3 is 2.70 bits per heavy atom. The first-order chi connectivity index (χ1) is 11.1. The standard InChI is InChI=1S/C16H29N5OS/c1-13(2)11-14(3-9-22)12-19-15(17)20-5-7-21(8-6-20)16-18-4-10-23-16/h4,10,13-14,22H,3,5-9,11-12H2,1-2H3,(H2,17,19). The highest BCUT2D eigenvalue weighted by atomic mass is 32.1. The second-order valence-electron chi connectivity index (χ2n) is 6.50. The number of nitrogens with two attached hydrogens (primary N) is 1. The molecule has 6 nitrogen and oxygen atoms in total. The van der Waals surface area contributed by atoms with E-state index in [9.17, 15) is 5.11 Å². The fourth-order valence-corrected chi connectivity index (χ4v) is 3.65. The molecule has 0 aromatic carbocycles. The fraction of sp³-hybridized carbons (Fsp3) is 0.750. The van der Waals surface area contributed by atoms with Crippen LogP contribution in [0, 0.1) is 11.8 Å². The third-order valence-corrected chi connectivity index (χ3v) is 4.98. The normalized spacial score (nSPS) is 17.8. The molecule has 0 bridgehead atoms. The summed E-state index contributed by atoms with van der Waals surface area (Å²) in [5, 5.41) is 12.3. The molecule has 0 amide bonds. The van der Waals surface area contributed by atoms with Crippen molar-refractivity contribution in [2.75, 3.05) is 44.2 Å². The maximum atomic E-state index is 9.18. The van der Waals surface area contributed by atoms with Crippen molar-refractivity contribution in [1.82, 2.24) is 9.88 Å². The number of thiazole rings is 1. The summed E-state index contributed by atoms with van der Waals surface area (Å²) in [5.74, 6) is 1.66. The highest BCUT2D eigenvalue weighted by Gasteiger charge is 2.20. The smallest absolute Gasteiger partial charge is 0.191 e. The van der Waals surface area contributed by atoms with Gasteiger partial charge in [-0.3, -0.25) is 4.99 Å². The number of aliphatic hydroxyl groups excluding tert-OH is 1. The lowest BCUT2D eigenvalue weighted by Crippen LogP contribution is -2.51. The Kier molecular flexibility index (Phi) is 7.11. The number of piperazine rings is 1. The highest BCUT2D eigenvalue weighted by molar-refractivity contribution is 7.13. The van der Waals surface area contributed by atoms with Gasteiger partial charge in [0.15, 0.2) is 11.1 Å². The van der Waals surface area contributed by atoms with Crippen LogP contribution in [0.15, 0.2) is 16.6 Å². The van der Waals surface area contributed by atoms with Crippen LogP contribution in [-0.2, 0) is 0 Å². The van der Waals surface area contributed by atoms with Crippen LogP contribution in [0.25, 0.3) is 0 Å². The van der Waals surface area contributed by atoms with Gasteiger partial charge in [-0.1, -0.05) is 13.8 Å². The largest absolute Gasteiger partial charge is 0.396 e. The van der Waals surface area contributed by atoms with E-state index in [2.05, 4.69) is 33.6 Å². The molecule has 2 heterocycles. The number of anilines is 1. The Balaban J connectivity index is 1.82. The van der Waals surface area contributed by atoms with Crippen LogP contribution < -0.4 is 10.6 Å². The second kappa shape index (κ2) is 9.08. The summed E-state index contributed by atoms with van der Waals surface area (Å²) in [4.78, 5) is 13.4. The van der Waals surface area contributed by atoms with Gasteiger partial charge in [0, 0.05) is 50.9 Å². The molecule has 3 N–H and O–H groups in total. The third-order valence-electron chi connectivity index (χ3n) is 4.15. The van der Waals surface area contributed by atoms with Crippen LogP contribution in [-0.4, -0.2) is 60.3 Å². The van der Waals surface area contributed by atoms with Gasteiger partial charge in [0.05, 0.1) is 0 Å². The number of hydrogen-bond acceptors (Lipinski definition) is 5. The SMILES string of the molecule is CC(C)CC(CCO)CN=C(N)N1CCN(c2nccs2)CC1. The molecule has 1 fully saturated rings. The van der Waals surface area contributed by atoms with Crippen molar-refractivity contribution < 1.29 is 5.11 Å². The van der Waals surface area contributed by atoms with Gasteiger partial charge >= 0.3 is 0 Å². The van der Waals surface area contributed by atoms with Gasteiger partial charge in [0.1, 0.15) is 0 Å². The first-order valence-corrected chi connectivity index (χ1v) is 9.28. The van der Waals surface area contributed by atoms with Crippen LogP contribution in [0.5, 0.6) is 0 Å². The van der Waals surface area contributed by atoms with Gasteiger partial charge in [0.25, 0.3) is 0 Å². The summed E-state index contributed by atoms with van der Waals surface area (Å²) >= 11 is 1.68. The Labute approximate surface area is 143 Å². The van der Waals surface area contributed by atoms with E-state index in [0.29, 0.717) is 24.3 Å². The summed E-state index contributed by atoms with van der Waals surface area (Å²) in [6.07, 6.45) is 3.72. The van der Waals surface area contributed by atoms with Crippen LogP contribution in [0.2, 0.25) is 0 Å². The van der Waals surface area contributed by atoms with Crippen LogP contribution in [0.1, 0.15) is 26.7 Å². The molecule has 7 heteroatoms. The maximum Gasteiger partial charge on any atom is 0.191 e. The minimum atomic E-state index is 0.222. The Morgan fingerprint density at radius 2 is 2.13 bits per heavy atom. The number of aliphatic imine (C=N–C) groups is 1. The zero-order valence-electron chi connectivity index (χ0n) is 14.2. The maximum absolute atomic E-state index is 9.18. The Hall–Kier alpha value is -1.34. The van der Waals surface area contributed by atoms with Gasteiger partial charge in [-0.15, -0.1) is 11.3 Å². The number of aliphatic hydroxyl groups is 1. The highest BCUT2D eigenvalue weighted by Crippen LogP contribution is 2.19. The number of rotatable bonds is 7. The van der Waals surface area contributed by atoms with E-state index in [4.69, 9.17) is 5.73 Å². The zero-order valence-corrected chi connectivity index (χ0v) is 15.0. The van der Waals surface area contributed by atoms with E-state index in [1.54, 1.807) is 11.3 Å². The molecule has 1 aliphatic heterocycles. The monoisotopic (exact) mass is 339 g/mol. The number of guanidine groups is 1. The summed E-state index contributed by atoms with van der Waals surface area (Å²) in [7, 11) is 0. The summed E-state index contributed by atoms with van der Waals surface area (Å²) < 4.78 is 0. The average molecular weight is 340 g/mol. The second-order valence-corrected chi connectivity index (χ2v) is 7.37. The fourth-order valence-electron chi connectivity index (χ4n) is 2.95. The molecule has 23 heavy (non-hydrogen) atoms. The van der Waals surface area contributed by atoms with E-state index in [-0.39, 0.29) is 6.61 Å². The molecule has 2 rings (SSSR count). The number of aromatic nitrogens is 1. The van der Waals surface area contributed by atoms with Crippen LogP contribution in [0.3, 0.4) is 0 Å². The average Bonchev–Trinajstić information content (AvgIpc) is 3.06. The minimum Gasteiger partial charge on any atom is -0.396 e. The molecular weight excluding hydrogens is 310 g/mol. The molecule has 0 spiro atoms. The van der Waals surface area contributed by atoms with Gasteiger partial charge < -0.3 is 20.6 Å². The van der Waals surface area contributed by atoms with Crippen molar-refractivity contribution in [1.29, 1.82) is 0 Å². The lowest BCUT2D eigenvalue weighted by molar-refractivity contribution is 0.245. The third kappa shape index (κ3) is 5.66. The molecule has 1 saturated heterocycles. The van der Waals surface area contributed by atoms with Crippen molar-refractivity contribution in [3.63, 3.8) is 0 Å². The molecule has 0 radical (unpaired) electrons. The summed E-state index contributed by atoms with van der Waals surface area (Å²) in [6, 6.07) is 0. The molecule has 0 aliphatic carbocycles.